The summed E-state index contributed by atoms with van der Waals surface area (Å²) in [5.41, 5.74) is 40.7. The number of rotatable bonds is 14. The highest BCUT2D eigenvalue weighted by molar-refractivity contribution is 7.00. The number of nitrogens with zero attached hydrogens (tertiary/aromatic N) is 2. The standard InChI is InChI=1S/C126H77BN2O4/c1-7-32-78(33-8-1)84-44-27-46-88(66-84)103-68-90(82-40-15-5-16-41-82)70-105(100-55-29-53-98-94-48-19-23-57-115(94)131-124(98)100)122(103)128-111-64-62-86(80-36-11-3-12-37-80)74-109(111)127-110-75-87(81-38-13-4-14-39-81)63-65-112(110)129(114-77-93(76-113(128)121(114)127)92-72-107-96-50-21-25-59-117(96)133-126(107)108(73-92)97-52-31-61-119-120(97)102-51-22-26-60-118(102)130-119)123-104(89-47-28-45-85(67-89)79-34-9-2-10-35-79)69-91(83-42-17-6-18-43-83)71-106(123)101-56-30-54-99-95-49-20-24-58-116(95)132-125(99)101/h1-77H. The fraction of sp³-hybridized carbons (Fsp3) is 0. The zero-order valence-electron chi connectivity index (χ0n) is 72.1. The van der Waals surface area contributed by atoms with Crippen molar-refractivity contribution in [2.24, 2.45) is 0 Å². The Morgan fingerprint density at radius 2 is 0.459 bits per heavy atom. The maximum atomic E-state index is 7.46. The zero-order valence-corrected chi connectivity index (χ0v) is 72.1. The third-order valence-electron chi connectivity index (χ3n) is 27.6. The Kier molecular flexibility index (Phi) is 17.4. The van der Waals surface area contributed by atoms with Gasteiger partial charge in [-0.25, -0.2) is 0 Å². The molecule has 0 spiro atoms. The molecule has 0 N–H and O–H groups in total. The van der Waals surface area contributed by atoms with E-state index >= 15 is 0 Å². The summed E-state index contributed by atoms with van der Waals surface area (Å²) in [4.78, 5) is 5.38. The average Bonchev–Trinajstić information content (AvgIpc) is 1.68. The first-order chi connectivity index (χ1) is 65.9. The molecule has 133 heavy (non-hydrogen) atoms. The number of hydrogen-bond acceptors (Lipinski definition) is 6. The Hall–Kier alpha value is -17.5. The summed E-state index contributed by atoms with van der Waals surface area (Å²) in [6.07, 6.45) is 0. The first kappa shape index (κ1) is 75.6. The van der Waals surface area contributed by atoms with Crippen molar-refractivity contribution in [3.8, 4) is 134 Å². The molecule has 618 valence electrons. The molecule has 6 heterocycles. The second-order valence-electron chi connectivity index (χ2n) is 35.1. The molecule has 2 aliphatic heterocycles. The van der Waals surface area contributed by atoms with Crippen LogP contribution in [0.5, 0.6) is 0 Å². The molecule has 0 saturated heterocycles. The van der Waals surface area contributed by atoms with E-state index in [1.54, 1.807) is 0 Å². The minimum atomic E-state index is -0.446. The van der Waals surface area contributed by atoms with Crippen LogP contribution < -0.4 is 26.2 Å². The van der Waals surface area contributed by atoms with Crippen LogP contribution in [0.1, 0.15) is 0 Å². The van der Waals surface area contributed by atoms with E-state index in [0.29, 0.717) is 0 Å². The van der Waals surface area contributed by atoms with Crippen molar-refractivity contribution in [1.82, 2.24) is 0 Å². The van der Waals surface area contributed by atoms with Crippen LogP contribution in [0, 0.1) is 0 Å². The summed E-state index contributed by atoms with van der Waals surface area (Å²) in [5.74, 6) is 0. The summed E-state index contributed by atoms with van der Waals surface area (Å²) in [6.45, 7) is -0.446. The molecule has 0 bridgehead atoms. The van der Waals surface area contributed by atoms with Crippen LogP contribution in [0.4, 0.5) is 34.1 Å². The molecule has 0 atom stereocenters. The topological polar surface area (TPSA) is 59.0 Å². The zero-order chi connectivity index (χ0) is 87.3. The Bertz CT molecular complexity index is 8620. The molecular weight excluding hydrogens is 1620 g/mol. The maximum absolute atomic E-state index is 7.46. The number of benzene rings is 21. The van der Waals surface area contributed by atoms with Crippen molar-refractivity contribution in [1.29, 1.82) is 0 Å². The summed E-state index contributed by atoms with van der Waals surface area (Å²) in [5, 5.41) is 8.18. The molecule has 2 aliphatic rings. The van der Waals surface area contributed by atoms with Crippen LogP contribution in [-0.4, -0.2) is 6.71 Å². The molecule has 25 aromatic rings. The van der Waals surface area contributed by atoms with Gasteiger partial charge in [-0.15, -0.1) is 0 Å². The van der Waals surface area contributed by atoms with Crippen molar-refractivity contribution in [2.75, 3.05) is 9.80 Å². The van der Waals surface area contributed by atoms with Gasteiger partial charge >= 0.3 is 0 Å². The lowest BCUT2D eigenvalue weighted by molar-refractivity contribution is 0.668. The van der Waals surface area contributed by atoms with Gasteiger partial charge in [0.2, 0.25) is 0 Å². The Morgan fingerprint density at radius 1 is 0.158 bits per heavy atom. The van der Waals surface area contributed by atoms with Crippen LogP contribution in [0.2, 0.25) is 0 Å². The smallest absolute Gasteiger partial charge is 0.252 e. The van der Waals surface area contributed by atoms with Crippen molar-refractivity contribution in [2.45, 2.75) is 0 Å². The summed E-state index contributed by atoms with van der Waals surface area (Å²) < 4.78 is 29.1. The van der Waals surface area contributed by atoms with Gasteiger partial charge in [-0.1, -0.05) is 364 Å². The van der Waals surface area contributed by atoms with Gasteiger partial charge in [-0.2, -0.15) is 0 Å². The highest BCUT2D eigenvalue weighted by atomic mass is 16.3. The molecule has 7 heteroatoms. The van der Waals surface area contributed by atoms with Crippen LogP contribution in [0.25, 0.3) is 221 Å². The van der Waals surface area contributed by atoms with E-state index in [9.17, 15) is 0 Å². The number of fused-ring (bicyclic) bond motifs is 16. The van der Waals surface area contributed by atoms with Crippen LogP contribution in [-0.2, 0) is 0 Å². The molecule has 6 nitrogen and oxygen atoms in total. The average molecular weight is 1690 g/mol. The lowest BCUT2D eigenvalue weighted by Gasteiger charge is -2.46. The predicted molar refractivity (Wildman–Crippen MR) is 555 cm³/mol. The van der Waals surface area contributed by atoms with Crippen LogP contribution in [0.3, 0.4) is 0 Å². The van der Waals surface area contributed by atoms with Gasteiger partial charge in [0.15, 0.2) is 0 Å². The van der Waals surface area contributed by atoms with Crippen molar-refractivity contribution in [3.63, 3.8) is 0 Å². The van der Waals surface area contributed by atoms with Gasteiger partial charge in [0, 0.05) is 105 Å². The van der Waals surface area contributed by atoms with Gasteiger partial charge < -0.3 is 27.5 Å². The maximum Gasteiger partial charge on any atom is 0.252 e. The summed E-state index contributed by atoms with van der Waals surface area (Å²) >= 11 is 0. The van der Waals surface area contributed by atoms with E-state index in [1.165, 1.54) is 0 Å². The minimum absolute atomic E-state index is 0.446. The van der Waals surface area contributed by atoms with Gasteiger partial charge in [0.1, 0.15) is 44.7 Å². The second-order valence-corrected chi connectivity index (χ2v) is 35.1. The van der Waals surface area contributed by atoms with E-state index < -0.39 is 6.71 Å². The quantitative estimate of drug-likeness (QED) is 0.101. The lowest BCUT2D eigenvalue weighted by atomic mass is 9.33. The molecule has 0 radical (unpaired) electrons. The van der Waals surface area contributed by atoms with Gasteiger partial charge in [0.05, 0.1) is 11.4 Å². The number of hydrogen-bond donors (Lipinski definition) is 0. The molecule has 4 aromatic heterocycles. The Balaban J connectivity index is 0.858. The van der Waals surface area contributed by atoms with Crippen molar-refractivity contribution in [3.05, 3.63) is 467 Å². The number of furan rings is 4. The third-order valence-corrected chi connectivity index (χ3v) is 27.6. The first-order valence-corrected chi connectivity index (χ1v) is 45.6. The minimum Gasteiger partial charge on any atom is -0.456 e. The highest BCUT2D eigenvalue weighted by Gasteiger charge is 2.47. The van der Waals surface area contributed by atoms with Crippen LogP contribution in [0.15, 0.2) is 485 Å². The SMILES string of the molecule is c1ccc(-c2cccc(-c3cc(-c4ccccc4)cc(-c4cccc5c4oc4ccccc45)c3N3c4ccc(-c5ccccc5)cc4B4c5cc(-c6ccccc6)ccc5N(c5c(-c6cccc(-c7ccccc7)c6)cc(-c6ccccc6)cc5-c5cccc6c5oc5ccccc56)c5cc(-c6cc(-c7cccc8oc9ccccc9c78)c7oc8ccccc8c7c6)cc3c54)c2)cc1. The predicted octanol–water partition coefficient (Wildman–Crippen LogP) is 33.4. The fourth-order valence-electron chi connectivity index (χ4n) is 21.6. The van der Waals surface area contributed by atoms with E-state index in [0.717, 1.165) is 272 Å². The number of anilines is 6. The van der Waals surface area contributed by atoms with Gasteiger partial charge in [-0.3, -0.25) is 0 Å². The molecule has 21 aromatic carbocycles. The molecule has 0 fully saturated rings. The monoisotopic (exact) mass is 1690 g/mol. The largest absolute Gasteiger partial charge is 0.456 e. The molecule has 0 saturated carbocycles. The number of para-hydroxylation sites is 6. The fourth-order valence-corrected chi connectivity index (χ4v) is 21.6. The van der Waals surface area contributed by atoms with E-state index in [1.807, 2.05) is 0 Å². The molecular formula is C126H77BN2O4. The normalized spacial score (nSPS) is 12.3. The highest BCUT2D eigenvalue weighted by Crippen LogP contribution is 2.58. The lowest BCUT2D eigenvalue weighted by Crippen LogP contribution is -2.61. The molecule has 0 amide bonds. The van der Waals surface area contributed by atoms with E-state index in [-0.39, 0.29) is 0 Å². The van der Waals surface area contributed by atoms with E-state index in [4.69, 9.17) is 17.7 Å². The summed E-state index contributed by atoms with van der Waals surface area (Å²) in [6, 6.07) is 172. The third kappa shape index (κ3) is 12.3. The van der Waals surface area contributed by atoms with Crippen molar-refractivity contribution >= 4 is 145 Å². The first-order valence-electron chi connectivity index (χ1n) is 45.6. The molecule has 0 unspecified atom stereocenters. The van der Waals surface area contributed by atoms with Gasteiger partial charge in [0.25, 0.3) is 6.71 Å². The summed E-state index contributed by atoms with van der Waals surface area (Å²) in [7, 11) is 0. The second kappa shape index (κ2) is 30.6. The molecule has 0 aliphatic carbocycles. The Morgan fingerprint density at radius 3 is 0.902 bits per heavy atom. The van der Waals surface area contributed by atoms with Gasteiger partial charge in [-0.05, 0) is 214 Å². The molecule has 27 rings (SSSR count). The van der Waals surface area contributed by atoms with E-state index in [2.05, 4.69) is 477 Å². The Labute approximate surface area is 767 Å². The van der Waals surface area contributed by atoms with Crippen molar-refractivity contribution < 1.29 is 17.7 Å². The van der Waals surface area contributed by atoms with Crippen LogP contribution >= 0.6 is 0 Å².